The predicted octanol–water partition coefficient (Wildman–Crippen LogP) is 3.82. The first kappa shape index (κ1) is 20.5. The van der Waals surface area contributed by atoms with Crippen molar-refractivity contribution in [3.05, 3.63) is 71.8 Å². The standard InChI is InChI=1S/C23H29NO4/c1-18(26-16-19-10-4-2-5-11-19)23(27-17-20-12-6-3-7-13-20)28-22(25)21-14-8-9-15-24-21/h2-7,10-13,18,21,23-24H,8-9,14-17H2,1H3/t18?,21-,23?/m0/s1. The molecule has 2 unspecified atom stereocenters. The van der Waals surface area contributed by atoms with Gasteiger partial charge in [0.05, 0.1) is 13.2 Å². The minimum Gasteiger partial charge on any atom is -0.432 e. The summed E-state index contributed by atoms with van der Waals surface area (Å²) in [5, 5.41) is 3.22. The van der Waals surface area contributed by atoms with Crippen LogP contribution in [0.15, 0.2) is 60.7 Å². The fourth-order valence-electron chi connectivity index (χ4n) is 3.15. The zero-order chi connectivity index (χ0) is 19.6. The highest BCUT2D eigenvalue weighted by molar-refractivity contribution is 5.76. The van der Waals surface area contributed by atoms with Gasteiger partial charge in [0.2, 0.25) is 6.29 Å². The van der Waals surface area contributed by atoms with E-state index in [1.165, 1.54) is 0 Å². The average molecular weight is 383 g/mol. The van der Waals surface area contributed by atoms with Gasteiger partial charge in [-0.25, -0.2) is 0 Å². The number of nitrogens with one attached hydrogen (secondary N) is 1. The highest BCUT2D eigenvalue weighted by Crippen LogP contribution is 2.16. The van der Waals surface area contributed by atoms with Crippen LogP contribution in [0.1, 0.15) is 37.3 Å². The molecule has 5 heteroatoms. The number of benzene rings is 2. The minimum absolute atomic E-state index is 0.266. The molecule has 1 aliphatic rings. The fraction of sp³-hybridized carbons (Fsp3) is 0.435. The van der Waals surface area contributed by atoms with Crippen LogP contribution in [0.25, 0.3) is 0 Å². The zero-order valence-electron chi connectivity index (χ0n) is 16.4. The molecular weight excluding hydrogens is 354 g/mol. The number of hydrogen-bond donors (Lipinski definition) is 1. The number of rotatable bonds is 9. The highest BCUT2D eigenvalue weighted by atomic mass is 16.7. The predicted molar refractivity (Wildman–Crippen MR) is 107 cm³/mol. The normalized spacial score (nSPS) is 19.0. The smallest absolute Gasteiger partial charge is 0.325 e. The van der Waals surface area contributed by atoms with E-state index in [0.29, 0.717) is 13.2 Å². The molecule has 1 saturated heterocycles. The molecule has 3 atom stereocenters. The van der Waals surface area contributed by atoms with Gasteiger partial charge in [-0.15, -0.1) is 0 Å². The van der Waals surface area contributed by atoms with Gasteiger partial charge in [0.1, 0.15) is 12.1 Å². The largest absolute Gasteiger partial charge is 0.432 e. The number of hydrogen-bond acceptors (Lipinski definition) is 5. The van der Waals surface area contributed by atoms with E-state index < -0.39 is 12.4 Å². The Kier molecular flexibility index (Phi) is 8.03. The van der Waals surface area contributed by atoms with Gasteiger partial charge in [-0.3, -0.25) is 4.79 Å². The molecule has 0 spiro atoms. The summed E-state index contributed by atoms with van der Waals surface area (Å²) < 4.78 is 17.6. The first-order valence-electron chi connectivity index (χ1n) is 9.97. The van der Waals surface area contributed by atoms with E-state index in [0.717, 1.165) is 36.9 Å². The van der Waals surface area contributed by atoms with Crippen LogP contribution >= 0.6 is 0 Å². The Morgan fingerprint density at radius 3 is 2.14 bits per heavy atom. The van der Waals surface area contributed by atoms with E-state index in [9.17, 15) is 4.79 Å². The summed E-state index contributed by atoms with van der Waals surface area (Å²) in [6, 6.07) is 19.5. The van der Waals surface area contributed by atoms with Crippen molar-refractivity contribution < 1.29 is 19.0 Å². The average Bonchev–Trinajstić information content (AvgIpc) is 2.77. The topological polar surface area (TPSA) is 56.8 Å². The number of piperidine rings is 1. The summed E-state index contributed by atoms with van der Waals surface area (Å²) in [5.74, 6) is -0.270. The van der Waals surface area contributed by atoms with Crippen LogP contribution in [0.4, 0.5) is 0 Å². The van der Waals surface area contributed by atoms with Crippen molar-refractivity contribution >= 4 is 5.97 Å². The van der Waals surface area contributed by atoms with Gasteiger partial charge in [-0.2, -0.15) is 0 Å². The van der Waals surface area contributed by atoms with Gasteiger partial charge in [0.25, 0.3) is 0 Å². The van der Waals surface area contributed by atoms with Crippen LogP contribution in [-0.2, 0) is 32.2 Å². The fourth-order valence-corrected chi connectivity index (χ4v) is 3.15. The lowest BCUT2D eigenvalue weighted by molar-refractivity contribution is -0.215. The van der Waals surface area contributed by atoms with E-state index in [1.54, 1.807) is 0 Å². The van der Waals surface area contributed by atoms with Crippen LogP contribution in [0.2, 0.25) is 0 Å². The van der Waals surface area contributed by atoms with Gasteiger partial charge in [0, 0.05) is 0 Å². The Bertz CT molecular complexity index is 701. The molecule has 28 heavy (non-hydrogen) atoms. The Morgan fingerprint density at radius 2 is 1.57 bits per heavy atom. The van der Waals surface area contributed by atoms with E-state index in [2.05, 4.69) is 5.32 Å². The first-order chi connectivity index (χ1) is 13.7. The molecule has 150 valence electrons. The lowest BCUT2D eigenvalue weighted by atomic mass is 10.1. The van der Waals surface area contributed by atoms with Crippen molar-refractivity contribution in [2.75, 3.05) is 6.54 Å². The third kappa shape index (κ3) is 6.44. The van der Waals surface area contributed by atoms with Crippen molar-refractivity contribution in [1.29, 1.82) is 0 Å². The zero-order valence-corrected chi connectivity index (χ0v) is 16.4. The van der Waals surface area contributed by atoms with Crippen LogP contribution in [-0.4, -0.2) is 30.9 Å². The number of esters is 1. The summed E-state index contributed by atoms with van der Waals surface area (Å²) in [7, 11) is 0. The summed E-state index contributed by atoms with van der Waals surface area (Å²) in [6.07, 6.45) is 1.76. The lowest BCUT2D eigenvalue weighted by Gasteiger charge is -2.28. The summed E-state index contributed by atoms with van der Waals surface area (Å²) in [5.41, 5.74) is 2.09. The first-order valence-corrected chi connectivity index (χ1v) is 9.97. The maximum Gasteiger partial charge on any atom is 0.325 e. The molecule has 1 aliphatic heterocycles. The number of ether oxygens (including phenoxy) is 3. The second-order valence-corrected chi connectivity index (χ2v) is 7.11. The van der Waals surface area contributed by atoms with Crippen molar-refractivity contribution in [1.82, 2.24) is 5.32 Å². The van der Waals surface area contributed by atoms with E-state index in [4.69, 9.17) is 14.2 Å². The molecule has 0 amide bonds. The Labute approximate surface area is 167 Å². The third-order valence-corrected chi connectivity index (χ3v) is 4.82. The molecule has 0 aromatic heterocycles. The minimum atomic E-state index is -0.764. The van der Waals surface area contributed by atoms with Crippen molar-refractivity contribution in [2.45, 2.75) is 57.8 Å². The van der Waals surface area contributed by atoms with Crippen LogP contribution in [0.5, 0.6) is 0 Å². The van der Waals surface area contributed by atoms with Crippen molar-refractivity contribution in [2.24, 2.45) is 0 Å². The van der Waals surface area contributed by atoms with Gasteiger partial charge in [0.15, 0.2) is 0 Å². The van der Waals surface area contributed by atoms with Gasteiger partial charge in [-0.05, 0) is 37.4 Å². The molecule has 0 radical (unpaired) electrons. The molecule has 2 aromatic carbocycles. The lowest BCUT2D eigenvalue weighted by Crippen LogP contribution is -2.45. The molecule has 2 aromatic rings. The van der Waals surface area contributed by atoms with Crippen LogP contribution in [0, 0.1) is 0 Å². The Balaban J connectivity index is 1.59. The molecule has 1 fully saturated rings. The summed E-state index contributed by atoms with van der Waals surface area (Å²) in [6.45, 7) is 3.51. The third-order valence-electron chi connectivity index (χ3n) is 4.82. The molecule has 3 rings (SSSR count). The molecule has 5 nitrogen and oxygen atoms in total. The van der Waals surface area contributed by atoms with Crippen LogP contribution in [0.3, 0.4) is 0 Å². The van der Waals surface area contributed by atoms with Crippen molar-refractivity contribution in [3.8, 4) is 0 Å². The van der Waals surface area contributed by atoms with E-state index in [-0.39, 0.29) is 12.0 Å². The summed E-state index contributed by atoms with van der Waals surface area (Å²) in [4.78, 5) is 12.6. The maximum atomic E-state index is 12.6. The highest BCUT2D eigenvalue weighted by Gasteiger charge is 2.29. The quantitative estimate of drug-likeness (QED) is 0.527. The van der Waals surface area contributed by atoms with Gasteiger partial charge < -0.3 is 19.5 Å². The van der Waals surface area contributed by atoms with Crippen LogP contribution < -0.4 is 5.32 Å². The second kappa shape index (κ2) is 11.0. The van der Waals surface area contributed by atoms with E-state index >= 15 is 0 Å². The Morgan fingerprint density at radius 1 is 0.964 bits per heavy atom. The SMILES string of the molecule is CC(OCc1ccccc1)C(OCc1ccccc1)OC(=O)[C@@H]1CCCCN1. The Hall–Kier alpha value is -2.21. The molecule has 0 aliphatic carbocycles. The molecule has 1 heterocycles. The van der Waals surface area contributed by atoms with E-state index in [1.807, 2.05) is 67.6 Å². The molecule has 0 bridgehead atoms. The molecule has 0 saturated carbocycles. The molecule has 1 N–H and O–H groups in total. The number of carbonyl (C=O) groups is 1. The maximum absolute atomic E-state index is 12.6. The van der Waals surface area contributed by atoms with Gasteiger partial charge in [-0.1, -0.05) is 67.1 Å². The van der Waals surface area contributed by atoms with Crippen molar-refractivity contribution in [3.63, 3.8) is 0 Å². The summed E-state index contributed by atoms with van der Waals surface area (Å²) >= 11 is 0. The second-order valence-electron chi connectivity index (χ2n) is 7.11. The monoisotopic (exact) mass is 383 g/mol. The van der Waals surface area contributed by atoms with Gasteiger partial charge >= 0.3 is 5.97 Å². The molecular formula is C23H29NO4. The number of carbonyl (C=O) groups excluding carboxylic acids is 1.